The summed E-state index contributed by atoms with van der Waals surface area (Å²) in [7, 11) is 0. The Balaban J connectivity index is 1.31. The van der Waals surface area contributed by atoms with Crippen LogP contribution in [0.4, 0.5) is 0 Å². The maximum absolute atomic E-state index is 13.0. The van der Waals surface area contributed by atoms with Gasteiger partial charge in [-0.15, -0.1) is 10.2 Å². The van der Waals surface area contributed by atoms with Crippen LogP contribution >= 0.6 is 0 Å². The zero-order valence-corrected chi connectivity index (χ0v) is 16.5. The van der Waals surface area contributed by atoms with Crippen molar-refractivity contribution in [3.63, 3.8) is 0 Å². The summed E-state index contributed by atoms with van der Waals surface area (Å²) in [5.74, 6) is 0.887. The summed E-state index contributed by atoms with van der Waals surface area (Å²) in [6.45, 7) is 3.92. The molecule has 0 saturated carbocycles. The van der Waals surface area contributed by atoms with E-state index in [1.54, 1.807) is 12.4 Å². The van der Waals surface area contributed by atoms with Crippen molar-refractivity contribution in [2.45, 2.75) is 37.6 Å². The number of hydrogen-bond acceptors (Lipinski definition) is 5. The monoisotopic (exact) mass is 387 g/mol. The Morgan fingerprint density at radius 3 is 2.48 bits per heavy atom. The number of likely N-dealkylation sites (tertiary alicyclic amines) is 1. The van der Waals surface area contributed by atoms with Gasteiger partial charge in [-0.2, -0.15) is 0 Å². The van der Waals surface area contributed by atoms with Crippen LogP contribution in [0, 0.1) is 0 Å². The number of pyridine rings is 1. The van der Waals surface area contributed by atoms with Crippen molar-refractivity contribution in [2.24, 2.45) is 0 Å². The zero-order chi connectivity index (χ0) is 19.7. The molecule has 0 amide bonds. The fraction of sp³-hybridized carbons (Fsp3) is 0.391. The third-order valence-electron chi connectivity index (χ3n) is 6.54. The van der Waals surface area contributed by atoms with Crippen molar-refractivity contribution in [1.82, 2.24) is 24.6 Å². The van der Waals surface area contributed by atoms with Gasteiger partial charge in [0.1, 0.15) is 5.82 Å². The summed E-state index contributed by atoms with van der Waals surface area (Å²) in [6, 6.07) is 14.3. The molecule has 2 aliphatic heterocycles. The average Bonchev–Trinajstić information content (AvgIpc) is 3.14. The maximum Gasteiger partial charge on any atom is 0.280 e. The van der Waals surface area contributed by atoms with E-state index in [1.807, 2.05) is 16.7 Å². The van der Waals surface area contributed by atoms with Crippen LogP contribution < -0.4 is 5.56 Å². The van der Waals surface area contributed by atoms with Crippen LogP contribution in [-0.4, -0.2) is 44.3 Å². The number of hydrogen-bond donors (Lipinski definition) is 0. The summed E-state index contributed by atoms with van der Waals surface area (Å²) in [6.07, 6.45) is 7.53. The Bertz CT molecular complexity index is 1040. The van der Waals surface area contributed by atoms with Crippen LogP contribution in [-0.2, 0) is 18.4 Å². The molecule has 1 aromatic carbocycles. The Kier molecular flexibility index (Phi) is 4.72. The van der Waals surface area contributed by atoms with E-state index in [0.717, 1.165) is 63.3 Å². The van der Waals surface area contributed by atoms with Gasteiger partial charge in [-0.05, 0) is 56.5 Å². The lowest BCUT2D eigenvalue weighted by Crippen LogP contribution is -2.43. The van der Waals surface area contributed by atoms with Crippen LogP contribution in [0.3, 0.4) is 0 Å². The van der Waals surface area contributed by atoms with Gasteiger partial charge in [-0.25, -0.2) is 0 Å². The van der Waals surface area contributed by atoms with Gasteiger partial charge in [0.05, 0.1) is 0 Å². The fourth-order valence-electron chi connectivity index (χ4n) is 4.75. The molecule has 0 aliphatic carbocycles. The summed E-state index contributed by atoms with van der Waals surface area (Å²) >= 11 is 0. The molecule has 5 rings (SSSR count). The third kappa shape index (κ3) is 3.38. The molecule has 148 valence electrons. The van der Waals surface area contributed by atoms with Gasteiger partial charge < -0.3 is 4.90 Å². The topological polar surface area (TPSA) is 63.9 Å². The van der Waals surface area contributed by atoms with Gasteiger partial charge in [-0.3, -0.25) is 14.3 Å². The van der Waals surface area contributed by atoms with E-state index in [2.05, 4.69) is 50.4 Å². The van der Waals surface area contributed by atoms with Crippen LogP contribution in [0.15, 0.2) is 59.7 Å². The van der Waals surface area contributed by atoms with E-state index in [9.17, 15) is 4.79 Å². The molecule has 4 heterocycles. The number of fused-ring (bicyclic) bond motifs is 2. The smallest absolute Gasteiger partial charge is 0.280 e. The highest BCUT2D eigenvalue weighted by atomic mass is 16.1. The van der Waals surface area contributed by atoms with Crippen LogP contribution in [0.1, 0.15) is 30.7 Å². The number of benzene rings is 1. The number of piperidine rings is 1. The first-order valence-electron chi connectivity index (χ1n) is 10.4. The SMILES string of the molecule is O=c1c(-c2cccnc2)nnc2n1CCC21CCN(CCc2ccccc2)CC1. The maximum atomic E-state index is 13.0. The predicted molar refractivity (Wildman–Crippen MR) is 112 cm³/mol. The molecule has 1 fully saturated rings. The molecule has 0 unspecified atom stereocenters. The molecule has 3 aromatic rings. The molecule has 6 nitrogen and oxygen atoms in total. The molecular weight excluding hydrogens is 362 g/mol. The summed E-state index contributed by atoms with van der Waals surface area (Å²) in [4.78, 5) is 19.7. The van der Waals surface area contributed by atoms with E-state index in [4.69, 9.17) is 0 Å². The summed E-state index contributed by atoms with van der Waals surface area (Å²) in [5.41, 5.74) is 2.49. The van der Waals surface area contributed by atoms with E-state index in [-0.39, 0.29) is 11.0 Å². The lowest BCUT2D eigenvalue weighted by molar-refractivity contribution is 0.157. The number of aromatic nitrogens is 4. The van der Waals surface area contributed by atoms with Crippen molar-refractivity contribution in [2.75, 3.05) is 19.6 Å². The van der Waals surface area contributed by atoms with Gasteiger partial charge >= 0.3 is 0 Å². The normalized spacial score (nSPS) is 18.1. The van der Waals surface area contributed by atoms with Gasteiger partial charge in [0, 0.05) is 36.5 Å². The first-order chi connectivity index (χ1) is 14.3. The highest BCUT2D eigenvalue weighted by Crippen LogP contribution is 2.41. The van der Waals surface area contributed by atoms with E-state index in [1.165, 1.54) is 5.56 Å². The molecule has 0 atom stereocenters. The van der Waals surface area contributed by atoms with Gasteiger partial charge in [0.2, 0.25) is 0 Å². The molecule has 1 saturated heterocycles. The highest BCUT2D eigenvalue weighted by molar-refractivity contribution is 5.55. The molecule has 0 bridgehead atoms. The minimum Gasteiger partial charge on any atom is -0.303 e. The van der Waals surface area contributed by atoms with E-state index < -0.39 is 0 Å². The van der Waals surface area contributed by atoms with Gasteiger partial charge in [0.15, 0.2) is 5.69 Å². The first-order valence-corrected chi connectivity index (χ1v) is 10.4. The average molecular weight is 387 g/mol. The molecule has 0 radical (unpaired) electrons. The molecule has 1 spiro atoms. The number of nitrogens with zero attached hydrogens (tertiary/aromatic N) is 5. The van der Waals surface area contributed by atoms with Crippen molar-refractivity contribution >= 4 is 0 Å². The molecular formula is C23H25N5O. The molecule has 2 aromatic heterocycles. The largest absolute Gasteiger partial charge is 0.303 e. The first kappa shape index (κ1) is 18.2. The van der Waals surface area contributed by atoms with E-state index in [0.29, 0.717) is 5.69 Å². The van der Waals surface area contributed by atoms with Gasteiger partial charge in [-0.1, -0.05) is 30.3 Å². The summed E-state index contributed by atoms with van der Waals surface area (Å²) < 4.78 is 1.86. The summed E-state index contributed by atoms with van der Waals surface area (Å²) in [5, 5.41) is 8.89. The minimum atomic E-state index is -0.0358. The van der Waals surface area contributed by atoms with Crippen molar-refractivity contribution < 1.29 is 0 Å². The number of rotatable bonds is 4. The molecule has 6 heteroatoms. The van der Waals surface area contributed by atoms with Crippen LogP contribution in [0.25, 0.3) is 11.3 Å². The lowest BCUT2D eigenvalue weighted by Gasteiger charge is -2.38. The Morgan fingerprint density at radius 2 is 1.72 bits per heavy atom. The van der Waals surface area contributed by atoms with Crippen LogP contribution in [0.2, 0.25) is 0 Å². The zero-order valence-electron chi connectivity index (χ0n) is 16.5. The minimum absolute atomic E-state index is 0.00285. The second-order valence-electron chi connectivity index (χ2n) is 8.18. The second kappa shape index (κ2) is 7.52. The third-order valence-corrected chi connectivity index (χ3v) is 6.54. The van der Waals surface area contributed by atoms with Gasteiger partial charge in [0.25, 0.3) is 5.56 Å². The fourth-order valence-corrected chi connectivity index (χ4v) is 4.75. The Hall–Kier alpha value is -2.86. The van der Waals surface area contributed by atoms with Crippen molar-refractivity contribution in [3.05, 3.63) is 76.6 Å². The molecule has 2 aliphatic rings. The predicted octanol–water partition coefficient (Wildman–Crippen LogP) is 2.68. The quantitative estimate of drug-likeness (QED) is 0.689. The second-order valence-corrected chi connectivity index (χ2v) is 8.18. The Morgan fingerprint density at radius 1 is 0.931 bits per heavy atom. The highest BCUT2D eigenvalue weighted by Gasteiger charge is 2.44. The van der Waals surface area contributed by atoms with Crippen molar-refractivity contribution in [3.8, 4) is 11.3 Å². The van der Waals surface area contributed by atoms with Crippen LogP contribution in [0.5, 0.6) is 0 Å². The standard InChI is InChI=1S/C23H25N5O/c29-21-20(19-7-4-12-24-17-19)25-26-22-23(11-16-28(21)22)9-14-27(15-10-23)13-8-18-5-2-1-3-6-18/h1-7,12,17H,8-11,13-16H2. The van der Waals surface area contributed by atoms with E-state index >= 15 is 0 Å². The van der Waals surface area contributed by atoms with Crippen molar-refractivity contribution in [1.29, 1.82) is 0 Å². The Labute approximate surface area is 170 Å². The molecule has 0 N–H and O–H groups in total. The molecule has 29 heavy (non-hydrogen) atoms. The lowest BCUT2D eigenvalue weighted by atomic mass is 9.76.